The number of hydrogen-bond donors (Lipinski definition) is 3. The van der Waals surface area contributed by atoms with Crippen LogP contribution in [0.5, 0.6) is 11.5 Å². The molecule has 0 aliphatic carbocycles. The number of aromatic nitrogens is 1. The van der Waals surface area contributed by atoms with Crippen molar-refractivity contribution in [3.05, 3.63) is 64.7 Å². The molecule has 0 amide bonds. The molecule has 0 radical (unpaired) electrons. The molecular formula is C20H17N3O3S. The number of nitrogens with one attached hydrogen (secondary N) is 1. The van der Waals surface area contributed by atoms with Crippen LogP contribution in [0.25, 0.3) is 16.8 Å². The van der Waals surface area contributed by atoms with E-state index in [1.807, 2.05) is 29.6 Å². The third-order valence-electron chi connectivity index (χ3n) is 4.37. The van der Waals surface area contributed by atoms with E-state index >= 15 is 0 Å². The van der Waals surface area contributed by atoms with Gasteiger partial charge in [-0.2, -0.15) is 0 Å². The van der Waals surface area contributed by atoms with Crippen LogP contribution in [0.3, 0.4) is 0 Å². The number of aliphatic hydroxyl groups excluding tert-OH is 1. The van der Waals surface area contributed by atoms with Crippen LogP contribution in [0.2, 0.25) is 0 Å². The highest BCUT2D eigenvalue weighted by Gasteiger charge is 2.31. The van der Waals surface area contributed by atoms with Crippen LogP contribution in [0.1, 0.15) is 5.01 Å². The van der Waals surface area contributed by atoms with Crippen LogP contribution >= 0.6 is 11.3 Å². The van der Waals surface area contributed by atoms with E-state index in [9.17, 15) is 10.2 Å². The maximum Gasteiger partial charge on any atom is 0.139 e. The number of aliphatic hydroxyl groups is 1. The highest BCUT2D eigenvalue weighted by atomic mass is 32.1. The minimum atomic E-state index is 0.115. The summed E-state index contributed by atoms with van der Waals surface area (Å²) in [6.45, 7) is 0.205. The van der Waals surface area contributed by atoms with Gasteiger partial charge in [0.05, 0.1) is 24.9 Å². The van der Waals surface area contributed by atoms with E-state index in [1.54, 1.807) is 36.3 Å². The number of phenols is 1. The number of nitrogens with zero attached hydrogens (tertiary/aromatic N) is 2. The zero-order valence-corrected chi connectivity index (χ0v) is 15.3. The predicted molar refractivity (Wildman–Crippen MR) is 107 cm³/mol. The molecule has 0 spiro atoms. The molecule has 3 N–H and O–H groups in total. The van der Waals surface area contributed by atoms with Crippen molar-refractivity contribution in [2.75, 3.05) is 18.6 Å². The quantitative estimate of drug-likeness (QED) is 0.629. The molecule has 2 heterocycles. The van der Waals surface area contributed by atoms with E-state index < -0.39 is 0 Å². The third-order valence-corrected chi connectivity index (χ3v) is 5.23. The smallest absolute Gasteiger partial charge is 0.139 e. The lowest BCUT2D eigenvalue weighted by molar-refractivity contribution is 0.411. The van der Waals surface area contributed by atoms with Gasteiger partial charge in [-0.05, 0) is 48.5 Å². The van der Waals surface area contributed by atoms with Gasteiger partial charge in [0.15, 0.2) is 0 Å². The molecule has 1 aliphatic heterocycles. The maximum absolute atomic E-state index is 10.4. The average molecular weight is 379 g/mol. The van der Waals surface area contributed by atoms with Gasteiger partial charge >= 0.3 is 0 Å². The second-order valence-corrected chi connectivity index (χ2v) is 6.90. The Morgan fingerprint density at radius 1 is 1.07 bits per heavy atom. The summed E-state index contributed by atoms with van der Waals surface area (Å²) in [5, 5.41) is 30.9. The van der Waals surface area contributed by atoms with Gasteiger partial charge in [0.25, 0.3) is 0 Å². The maximum atomic E-state index is 10.4. The zero-order chi connectivity index (χ0) is 19.0. The minimum Gasteiger partial charge on any atom is -0.510 e. The second-order valence-electron chi connectivity index (χ2n) is 6.04. The molecule has 0 bridgehead atoms. The Morgan fingerprint density at radius 3 is 2.44 bits per heavy atom. The topological polar surface area (TPSA) is 89.7 Å². The Bertz CT molecular complexity index is 1020. The summed E-state index contributed by atoms with van der Waals surface area (Å²) in [6.07, 6.45) is 0. The van der Waals surface area contributed by atoms with Crippen molar-refractivity contribution >= 4 is 28.4 Å². The lowest BCUT2D eigenvalue weighted by atomic mass is 10.1. The molecule has 0 saturated carbocycles. The number of amidine groups is 1. The number of methoxy groups -OCH3 is 1. The molecule has 2 aromatic carbocycles. The summed E-state index contributed by atoms with van der Waals surface area (Å²) in [6, 6.07) is 14.1. The average Bonchev–Trinajstić information content (AvgIpc) is 3.27. The van der Waals surface area contributed by atoms with Crippen molar-refractivity contribution in [1.82, 2.24) is 4.98 Å². The first kappa shape index (κ1) is 17.1. The van der Waals surface area contributed by atoms with Crippen LogP contribution in [-0.2, 0) is 0 Å². The van der Waals surface area contributed by atoms with Crippen LogP contribution in [0, 0.1) is 5.41 Å². The number of benzene rings is 2. The Hall–Kier alpha value is -3.32. The van der Waals surface area contributed by atoms with Gasteiger partial charge in [-0.3, -0.25) is 5.41 Å². The van der Waals surface area contributed by atoms with Gasteiger partial charge in [0, 0.05) is 16.6 Å². The van der Waals surface area contributed by atoms with E-state index in [4.69, 9.17) is 10.1 Å². The highest BCUT2D eigenvalue weighted by molar-refractivity contribution is 7.11. The lowest BCUT2D eigenvalue weighted by Gasteiger charge is -2.18. The Labute approximate surface area is 160 Å². The molecule has 0 atom stereocenters. The predicted octanol–water partition coefficient (Wildman–Crippen LogP) is 4.29. The Balaban J connectivity index is 1.61. The first-order valence-electron chi connectivity index (χ1n) is 8.25. The summed E-state index contributed by atoms with van der Waals surface area (Å²) in [4.78, 5) is 6.29. The van der Waals surface area contributed by atoms with Crippen molar-refractivity contribution in [3.63, 3.8) is 0 Å². The molecule has 1 aliphatic rings. The number of thiazole rings is 1. The molecule has 6 nitrogen and oxygen atoms in total. The van der Waals surface area contributed by atoms with Gasteiger partial charge in [-0.25, -0.2) is 4.98 Å². The molecule has 0 saturated heterocycles. The van der Waals surface area contributed by atoms with Gasteiger partial charge in [0.1, 0.15) is 28.1 Å². The summed E-state index contributed by atoms with van der Waals surface area (Å²) in [5.74, 6) is 1.24. The fourth-order valence-corrected chi connectivity index (χ4v) is 3.84. The monoisotopic (exact) mass is 379 g/mol. The number of ether oxygens (including phenoxy) is 1. The number of anilines is 1. The van der Waals surface area contributed by atoms with Gasteiger partial charge in [-0.1, -0.05) is 0 Å². The van der Waals surface area contributed by atoms with Gasteiger partial charge < -0.3 is 19.8 Å². The Kier molecular flexibility index (Phi) is 4.29. The first-order chi connectivity index (χ1) is 13.1. The highest BCUT2D eigenvalue weighted by Crippen LogP contribution is 2.35. The van der Waals surface area contributed by atoms with E-state index in [-0.39, 0.29) is 23.9 Å². The van der Waals surface area contributed by atoms with E-state index in [2.05, 4.69) is 4.98 Å². The van der Waals surface area contributed by atoms with Crippen molar-refractivity contribution in [2.45, 2.75) is 0 Å². The number of aromatic hydroxyl groups is 1. The van der Waals surface area contributed by atoms with Gasteiger partial charge in [-0.15, -0.1) is 11.3 Å². The molecule has 3 aromatic rings. The second kappa shape index (κ2) is 6.77. The number of rotatable bonds is 4. The van der Waals surface area contributed by atoms with Crippen LogP contribution in [-0.4, -0.2) is 34.7 Å². The summed E-state index contributed by atoms with van der Waals surface area (Å²) >= 11 is 1.39. The molecule has 4 rings (SSSR count). The van der Waals surface area contributed by atoms with E-state index in [0.29, 0.717) is 10.6 Å². The van der Waals surface area contributed by atoms with E-state index in [1.165, 1.54) is 11.3 Å². The summed E-state index contributed by atoms with van der Waals surface area (Å²) < 4.78 is 5.17. The van der Waals surface area contributed by atoms with E-state index in [0.717, 1.165) is 22.7 Å². The van der Waals surface area contributed by atoms with Gasteiger partial charge in [0.2, 0.25) is 0 Å². The minimum absolute atomic E-state index is 0.115. The van der Waals surface area contributed by atoms with Crippen molar-refractivity contribution < 1.29 is 14.9 Å². The van der Waals surface area contributed by atoms with Crippen LogP contribution < -0.4 is 9.64 Å². The zero-order valence-electron chi connectivity index (χ0n) is 14.5. The number of phenolic OH excluding ortho intramolecular Hbond substituents is 1. The standard InChI is InChI=1S/C20H17N3O3S/c1-26-15-8-2-12(3-9-15)16-11-27-20(22-16)18-17(25)10-23(19(18)21)13-4-6-14(24)7-5-13/h2-9,11,21,24-25H,10H2,1H3. The molecular weight excluding hydrogens is 362 g/mol. The molecule has 7 heteroatoms. The molecule has 0 fully saturated rings. The normalized spacial score (nSPS) is 14.1. The fourth-order valence-electron chi connectivity index (χ4n) is 2.94. The summed E-state index contributed by atoms with van der Waals surface area (Å²) in [7, 11) is 1.62. The summed E-state index contributed by atoms with van der Waals surface area (Å²) in [5.41, 5.74) is 2.89. The molecule has 27 heavy (non-hydrogen) atoms. The fraction of sp³-hybridized carbons (Fsp3) is 0.100. The molecule has 136 valence electrons. The van der Waals surface area contributed by atoms with Crippen molar-refractivity contribution in [3.8, 4) is 22.8 Å². The lowest BCUT2D eigenvalue weighted by Crippen LogP contribution is -2.25. The molecule has 0 unspecified atom stereocenters. The van der Waals surface area contributed by atoms with Crippen molar-refractivity contribution in [2.24, 2.45) is 0 Å². The number of hydrogen-bond acceptors (Lipinski definition) is 6. The van der Waals surface area contributed by atoms with Crippen LogP contribution in [0.15, 0.2) is 59.7 Å². The first-order valence-corrected chi connectivity index (χ1v) is 9.12. The van der Waals surface area contributed by atoms with Crippen molar-refractivity contribution in [1.29, 1.82) is 5.41 Å². The largest absolute Gasteiger partial charge is 0.510 e. The Morgan fingerprint density at radius 2 is 1.78 bits per heavy atom. The third kappa shape index (κ3) is 3.13. The molecule has 1 aromatic heterocycles. The van der Waals surface area contributed by atoms with Crippen LogP contribution in [0.4, 0.5) is 5.69 Å². The SMILES string of the molecule is COc1ccc(-c2csc(C3=C(O)CN(c4ccc(O)cc4)C3=N)n2)cc1.